The number of likely N-dealkylation sites (tertiary alicyclic amines) is 1. The van der Waals surface area contributed by atoms with Gasteiger partial charge in [0.2, 0.25) is 0 Å². The third-order valence-corrected chi connectivity index (χ3v) is 2.66. The highest BCUT2D eigenvalue weighted by Gasteiger charge is 2.27. The van der Waals surface area contributed by atoms with Gasteiger partial charge in [-0.15, -0.1) is 0 Å². The molecule has 1 fully saturated rings. The monoisotopic (exact) mass is 241 g/mol. The summed E-state index contributed by atoms with van der Waals surface area (Å²) in [6, 6.07) is 0. The average molecular weight is 241 g/mol. The highest BCUT2D eigenvalue weighted by atomic mass is 16.6. The molecule has 0 aliphatic carbocycles. The number of carbonyl (C=O) groups is 2. The molecule has 1 heterocycles. The van der Waals surface area contributed by atoms with Gasteiger partial charge >= 0.3 is 6.09 Å². The first-order valence-electron chi connectivity index (χ1n) is 5.96. The van der Waals surface area contributed by atoms with Gasteiger partial charge in [0.05, 0.1) is 18.7 Å². The topological polar surface area (TPSA) is 66.8 Å². The Morgan fingerprint density at radius 3 is 2.76 bits per heavy atom. The van der Waals surface area contributed by atoms with Gasteiger partial charge in [-0.2, -0.15) is 0 Å². The molecule has 5 heteroatoms. The molecule has 1 rings (SSSR count). The number of nitrogens with zero attached hydrogens (tertiary/aromatic N) is 1. The second kappa shape index (κ2) is 6.27. The van der Waals surface area contributed by atoms with Gasteiger partial charge in [0, 0.05) is 19.4 Å². The molecule has 1 N–H and O–H groups in total. The van der Waals surface area contributed by atoms with E-state index in [0.717, 1.165) is 6.42 Å². The summed E-state index contributed by atoms with van der Waals surface area (Å²) < 4.78 is 4.88. The normalized spacial score (nSPS) is 19.2. The van der Waals surface area contributed by atoms with Crippen LogP contribution in [0.15, 0.2) is 11.3 Å². The zero-order valence-electron chi connectivity index (χ0n) is 10.4. The van der Waals surface area contributed by atoms with Crippen molar-refractivity contribution >= 4 is 11.9 Å². The van der Waals surface area contributed by atoms with Crippen LogP contribution in [0.4, 0.5) is 4.79 Å². The molecule has 0 aromatic carbocycles. The second-order valence-electron chi connectivity index (χ2n) is 3.97. The number of ketones is 1. The number of piperidine rings is 1. The number of carbonyl (C=O) groups excluding carboxylic acids is 2. The van der Waals surface area contributed by atoms with E-state index in [9.17, 15) is 14.7 Å². The third kappa shape index (κ3) is 3.47. The summed E-state index contributed by atoms with van der Waals surface area (Å²) >= 11 is 0. The van der Waals surface area contributed by atoms with E-state index in [1.54, 1.807) is 6.92 Å². The summed E-state index contributed by atoms with van der Waals surface area (Å²) in [5.41, 5.74) is 0.353. The van der Waals surface area contributed by atoms with E-state index >= 15 is 0 Å². The van der Waals surface area contributed by atoms with Gasteiger partial charge in [-0.3, -0.25) is 4.79 Å². The first kappa shape index (κ1) is 13.5. The van der Waals surface area contributed by atoms with Crippen LogP contribution >= 0.6 is 0 Å². The van der Waals surface area contributed by atoms with Crippen LogP contribution in [0.2, 0.25) is 0 Å². The van der Waals surface area contributed by atoms with Crippen molar-refractivity contribution in [3.63, 3.8) is 0 Å². The van der Waals surface area contributed by atoms with Crippen molar-refractivity contribution in [2.45, 2.75) is 33.1 Å². The fourth-order valence-electron chi connectivity index (χ4n) is 1.76. The van der Waals surface area contributed by atoms with E-state index in [1.165, 1.54) is 4.90 Å². The molecule has 0 bridgehead atoms. The zero-order chi connectivity index (χ0) is 12.8. The zero-order valence-corrected chi connectivity index (χ0v) is 10.4. The number of aliphatic hydroxyl groups is 1. The molecule has 0 aromatic heterocycles. The first-order chi connectivity index (χ1) is 8.10. The predicted molar refractivity (Wildman–Crippen MR) is 62.8 cm³/mol. The highest BCUT2D eigenvalue weighted by Crippen LogP contribution is 2.18. The Kier molecular flexibility index (Phi) is 5.00. The van der Waals surface area contributed by atoms with E-state index < -0.39 is 6.09 Å². The molecular formula is C12H19NO4. The van der Waals surface area contributed by atoms with Crippen LogP contribution in [0.3, 0.4) is 0 Å². The molecule has 1 saturated heterocycles. The molecule has 0 aromatic rings. The Labute approximate surface area is 101 Å². The van der Waals surface area contributed by atoms with Crippen LogP contribution in [0.5, 0.6) is 0 Å². The van der Waals surface area contributed by atoms with Crippen LogP contribution in [-0.4, -0.2) is 41.6 Å². The lowest BCUT2D eigenvalue weighted by atomic mass is 10.0. The van der Waals surface area contributed by atoms with E-state index in [1.807, 2.05) is 6.92 Å². The van der Waals surface area contributed by atoms with Crippen molar-refractivity contribution < 1.29 is 19.4 Å². The Hall–Kier alpha value is -1.52. The van der Waals surface area contributed by atoms with Gasteiger partial charge < -0.3 is 14.7 Å². The van der Waals surface area contributed by atoms with E-state index in [-0.39, 0.29) is 24.5 Å². The minimum absolute atomic E-state index is 0.0727. The second-order valence-corrected chi connectivity index (χ2v) is 3.97. The number of allylic oxidation sites excluding steroid dienone is 1. The Bertz CT molecular complexity index is 335. The maximum absolute atomic E-state index is 11.6. The Morgan fingerprint density at radius 2 is 2.18 bits per heavy atom. The smallest absolute Gasteiger partial charge is 0.410 e. The van der Waals surface area contributed by atoms with E-state index in [0.29, 0.717) is 25.1 Å². The molecule has 0 radical (unpaired) electrons. The minimum Gasteiger partial charge on any atom is -0.512 e. The van der Waals surface area contributed by atoms with Crippen molar-refractivity contribution in [2.24, 2.45) is 0 Å². The van der Waals surface area contributed by atoms with Gasteiger partial charge in [-0.1, -0.05) is 6.92 Å². The summed E-state index contributed by atoms with van der Waals surface area (Å²) in [4.78, 5) is 24.6. The van der Waals surface area contributed by atoms with Crippen molar-refractivity contribution in [2.75, 3.05) is 19.7 Å². The average Bonchev–Trinajstić information content (AvgIpc) is 2.30. The quantitative estimate of drug-likeness (QED) is 0.606. The molecule has 1 aliphatic rings. The van der Waals surface area contributed by atoms with Crippen LogP contribution in [0, 0.1) is 0 Å². The van der Waals surface area contributed by atoms with Gasteiger partial charge in [-0.25, -0.2) is 4.79 Å². The molecule has 17 heavy (non-hydrogen) atoms. The van der Waals surface area contributed by atoms with Crippen molar-refractivity contribution in [3.05, 3.63) is 11.3 Å². The third-order valence-electron chi connectivity index (χ3n) is 2.66. The van der Waals surface area contributed by atoms with Gasteiger partial charge in [0.1, 0.15) is 5.76 Å². The standard InChI is InChI=1S/C12H19NO4/c1-3-5-10(14)9-8-13(7-6-11(9)15)12(16)17-4-2/h14H,3-8H2,1-2H3/b10-9-. The number of aliphatic hydroxyl groups excluding tert-OH is 1. The molecule has 96 valence electrons. The van der Waals surface area contributed by atoms with Crippen LogP contribution in [-0.2, 0) is 9.53 Å². The number of hydrogen-bond acceptors (Lipinski definition) is 4. The maximum atomic E-state index is 11.6. The van der Waals surface area contributed by atoms with E-state index in [4.69, 9.17) is 4.74 Å². The van der Waals surface area contributed by atoms with Crippen LogP contribution in [0.1, 0.15) is 33.1 Å². The summed E-state index contributed by atoms with van der Waals surface area (Å²) in [6.45, 7) is 4.48. The fourth-order valence-corrected chi connectivity index (χ4v) is 1.76. The lowest BCUT2D eigenvalue weighted by Crippen LogP contribution is -2.41. The number of hydrogen-bond donors (Lipinski definition) is 1. The highest BCUT2D eigenvalue weighted by molar-refractivity contribution is 5.98. The van der Waals surface area contributed by atoms with Crippen molar-refractivity contribution in [3.8, 4) is 0 Å². The fraction of sp³-hybridized carbons (Fsp3) is 0.667. The Balaban J connectivity index is 2.75. The Morgan fingerprint density at radius 1 is 1.47 bits per heavy atom. The summed E-state index contributed by atoms with van der Waals surface area (Å²) in [7, 11) is 0. The number of Topliss-reactive ketones (excluding diaryl/α,β-unsaturated/α-hetero) is 1. The molecule has 1 amide bonds. The van der Waals surface area contributed by atoms with Crippen molar-refractivity contribution in [1.82, 2.24) is 4.90 Å². The SMILES string of the molecule is CCC/C(O)=C1\CN(C(=O)OCC)CCC1=O. The number of ether oxygens (including phenoxy) is 1. The van der Waals surface area contributed by atoms with Crippen LogP contribution < -0.4 is 0 Å². The van der Waals surface area contributed by atoms with Gasteiger partial charge in [-0.05, 0) is 13.3 Å². The van der Waals surface area contributed by atoms with Crippen molar-refractivity contribution in [1.29, 1.82) is 0 Å². The molecular weight excluding hydrogens is 222 g/mol. The maximum Gasteiger partial charge on any atom is 0.410 e. The predicted octanol–water partition coefficient (Wildman–Crippen LogP) is 2.03. The van der Waals surface area contributed by atoms with Crippen LogP contribution in [0.25, 0.3) is 0 Å². The molecule has 0 unspecified atom stereocenters. The van der Waals surface area contributed by atoms with Gasteiger partial charge in [0.25, 0.3) is 0 Å². The molecule has 0 saturated carbocycles. The van der Waals surface area contributed by atoms with Gasteiger partial charge in [0.15, 0.2) is 5.78 Å². The minimum atomic E-state index is -0.429. The molecule has 5 nitrogen and oxygen atoms in total. The largest absolute Gasteiger partial charge is 0.512 e. The molecule has 1 aliphatic heterocycles. The lowest BCUT2D eigenvalue weighted by Gasteiger charge is -2.27. The lowest BCUT2D eigenvalue weighted by molar-refractivity contribution is -0.117. The summed E-state index contributed by atoms with van der Waals surface area (Å²) in [5.74, 6) is 0.0306. The molecule has 0 atom stereocenters. The van der Waals surface area contributed by atoms with E-state index in [2.05, 4.69) is 0 Å². The number of rotatable bonds is 3. The summed E-state index contributed by atoms with van der Waals surface area (Å²) in [5, 5.41) is 9.75. The number of amides is 1. The molecule has 0 spiro atoms. The first-order valence-corrected chi connectivity index (χ1v) is 5.96. The summed E-state index contributed by atoms with van der Waals surface area (Å²) in [6.07, 6.45) is 1.06.